The van der Waals surface area contributed by atoms with Gasteiger partial charge in [0.25, 0.3) is 0 Å². The summed E-state index contributed by atoms with van der Waals surface area (Å²) in [5.74, 6) is -0.219. The van der Waals surface area contributed by atoms with Gasteiger partial charge in [0.2, 0.25) is 5.91 Å². The summed E-state index contributed by atoms with van der Waals surface area (Å²) in [6, 6.07) is -0.842. The Morgan fingerprint density at radius 3 is 1.28 bits per heavy atom. The maximum absolute atomic E-state index is 13.3. The molecule has 1 amide bonds. The molecule has 0 aliphatic carbocycles. The van der Waals surface area contributed by atoms with Crippen LogP contribution >= 0.6 is 0 Å². The molecule has 9 N–H and O–H groups in total. The molecule has 0 aromatic heterocycles. The highest BCUT2D eigenvalue weighted by atomic mass is 16.7. The third-order valence-corrected chi connectivity index (χ3v) is 15.9. The molecule has 2 fully saturated rings. The molecule has 12 unspecified atom stereocenters. The third kappa shape index (κ3) is 38.1. The number of carbonyl (C=O) groups is 1. The predicted molar refractivity (Wildman–Crippen MR) is 336 cm³/mol. The third-order valence-electron chi connectivity index (χ3n) is 15.9. The van der Waals surface area contributed by atoms with E-state index in [9.17, 15) is 45.6 Å². The monoisotopic (exact) mass is 1170 g/mol. The lowest BCUT2D eigenvalue weighted by molar-refractivity contribution is -0.359. The molecular weight excluding hydrogens is 1050 g/mol. The Bertz CT molecular complexity index is 1710. The first-order valence-corrected chi connectivity index (χ1v) is 33.3. The second-order valence-electron chi connectivity index (χ2n) is 23.2. The van der Waals surface area contributed by atoms with Gasteiger partial charge in [-0.05, 0) is 70.6 Å². The second-order valence-corrected chi connectivity index (χ2v) is 23.2. The van der Waals surface area contributed by atoms with E-state index >= 15 is 0 Å². The topological polar surface area (TPSA) is 228 Å². The van der Waals surface area contributed by atoms with Crippen molar-refractivity contribution >= 4 is 5.91 Å². The van der Waals surface area contributed by atoms with Crippen LogP contribution in [0.4, 0.5) is 0 Å². The summed E-state index contributed by atoms with van der Waals surface area (Å²) in [6.45, 7) is 2.76. The average molecular weight is 1170 g/mol. The fraction of sp³-hybridized carbons (Fsp3) is 0.783. The molecule has 2 aliphatic heterocycles. The van der Waals surface area contributed by atoms with Gasteiger partial charge in [-0.1, -0.05) is 259 Å². The minimum atomic E-state index is -1.79. The number of hydrogen-bond acceptors (Lipinski definition) is 13. The van der Waals surface area contributed by atoms with Gasteiger partial charge in [-0.3, -0.25) is 4.79 Å². The normalized spacial score (nSPS) is 24.4. The van der Waals surface area contributed by atoms with Crippen molar-refractivity contribution in [1.82, 2.24) is 5.32 Å². The molecular formula is C69H121NO13. The van der Waals surface area contributed by atoms with Crippen molar-refractivity contribution in [1.29, 1.82) is 0 Å². The Balaban J connectivity index is 1.71. The fourth-order valence-electron chi connectivity index (χ4n) is 10.6. The summed E-state index contributed by atoms with van der Waals surface area (Å²) in [6.07, 6.45) is 55.7. The summed E-state index contributed by atoms with van der Waals surface area (Å²) in [7, 11) is 0. The van der Waals surface area contributed by atoms with E-state index in [1.165, 1.54) is 109 Å². The van der Waals surface area contributed by atoms with E-state index in [2.05, 4.69) is 104 Å². The zero-order valence-corrected chi connectivity index (χ0v) is 51.9. The van der Waals surface area contributed by atoms with Gasteiger partial charge in [0.15, 0.2) is 12.6 Å². The van der Waals surface area contributed by atoms with Crippen LogP contribution in [0.3, 0.4) is 0 Å². The van der Waals surface area contributed by atoms with E-state index < -0.39 is 86.8 Å². The van der Waals surface area contributed by atoms with Crippen molar-refractivity contribution in [3.05, 3.63) is 85.1 Å². The molecule has 2 rings (SSSR count). The Kier molecular flexibility index (Phi) is 49.1. The number of rotatable bonds is 53. The second kappa shape index (κ2) is 53.4. The first kappa shape index (κ1) is 76.3. The molecule has 480 valence electrons. The van der Waals surface area contributed by atoms with E-state index in [0.717, 1.165) is 109 Å². The van der Waals surface area contributed by atoms with E-state index in [-0.39, 0.29) is 18.9 Å². The predicted octanol–water partition coefficient (Wildman–Crippen LogP) is 12.8. The molecule has 0 saturated carbocycles. The molecule has 0 aromatic carbocycles. The maximum Gasteiger partial charge on any atom is 0.220 e. The fourth-order valence-corrected chi connectivity index (χ4v) is 10.6. The van der Waals surface area contributed by atoms with E-state index in [0.29, 0.717) is 12.8 Å². The van der Waals surface area contributed by atoms with Crippen LogP contribution in [0.5, 0.6) is 0 Å². The number of amides is 1. The van der Waals surface area contributed by atoms with Crippen molar-refractivity contribution in [3.63, 3.8) is 0 Å². The molecule has 0 bridgehead atoms. The zero-order chi connectivity index (χ0) is 60.2. The van der Waals surface area contributed by atoms with Crippen LogP contribution in [0.1, 0.15) is 251 Å². The molecule has 0 aromatic rings. The molecule has 14 nitrogen and oxygen atoms in total. The summed E-state index contributed by atoms with van der Waals surface area (Å²) in [4.78, 5) is 13.3. The highest BCUT2D eigenvalue weighted by Crippen LogP contribution is 2.30. The van der Waals surface area contributed by atoms with Crippen molar-refractivity contribution in [2.75, 3.05) is 19.8 Å². The largest absolute Gasteiger partial charge is 0.394 e. The number of hydrogen-bond donors (Lipinski definition) is 9. The SMILES string of the molecule is CC/C=C\C/C=C\C/C=C\C/C=C\C/C=C\C/C=C\C/C=C\CCCCCCCCCC(=O)NC(COC1OC(CO)C(OC2OC(CO)C(O)C(O)C2O)C(O)C1O)C(O)CCCCCCCCCCCCCCCCCCCCCC. The van der Waals surface area contributed by atoms with Crippen molar-refractivity contribution in [3.8, 4) is 0 Å². The summed E-state index contributed by atoms with van der Waals surface area (Å²) >= 11 is 0. The van der Waals surface area contributed by atoms with Crippen molar-refractivity contribution in [2.45, 2.75) is 325 Å². The lowest BCUT2D eigenvalue weighted by Crippen LogP contribution is -2.65. The van der Waals surface area contributed by atoms with Gasteiger partial charge >= 0.3 is 0 Å². The lowest BCUT2D eigenvalue weighted by atomic mass is 9.97. The molecule has 2 aliphatic rings. The van der Waals surface area contributed by atoms with Gasteiger partial charge in [0, 0.05) is 6.42 Å². The van der Waals surface area contributed by atoms with Crippen LogP contribution in [0, 0.1) is 0 Å². The number of unbranched alkanes of at least 4 members (excludes halogenated alkanes) is 26. The van der Waals surface area contributed by atoms with E-state index in [1.807, 2.05) is 0 Å². The van der Waals surface area contributed by atoms with Crippen LogP contribution in [0.15, 0.2) is 85.1 Å². The van der Waals surface area contributed by atoms with Gasteiger partial charge in [-0.15, -0.1) is 0 Å². The molecule has 0 radical (unpaired) electrons. The van der Waals surface area contributed by atoms with Crippen molar-refractivity contribution in [2.24, 2.45) is 0 Å². The van der Waals surface area contributed by atoms with Crippen LogP contribution in [0.25, 0.3) is 0 Å². The zero-order valence-electron chi connectivity index (χ0n) is 51.9. The standard InChI is InChI=1S/C69H121NO13/c1-3-5-7-9-11-13-15-17-19-21-23-25-26-27-28-29-30-31-32-33-35-37-39-41-43-45-47-49-51-53-61(74)70-57(58(73)52-50-48-46-44-42-40-38-36-34-24-22-20-18-16-14-12-10-8-6-4-2)56-80-68-66(79)64(77)67(60(55-72)82-68)83-69-65(78)63(76)62(75)59(54-71)81-69/h5,7,11,13,17,19,23,25,27-28,30-31,33,35,57-60,62-69,71-73,75-79H,3-4,6,8-10,12,14-16,18,20-22,24,26,29,32,34,36-56H2,1-2H3,(H,70,74)/b7-5-,13-11-,19-17-,25-23-,28-27-,31-30-,35-33-. The minimum absolute atomic E-state index is 0.219. The molecule has 12 atom stereocenters. The Labute approximate surface area is 503 Å². The number of carbonyl (C=O) groups excluding carboxylic acids is 1. The Morgan fingerprint density at radius 2 is 0.831 bits per heavy atom. The van der Waals surface area contributed by atoms with Crippen LogP contribution in [-0.4, -0.2) is 140 Å². The van der Waals surface area contributed by atoms with Gasteiger partial charge < -0.3 is 65.1 Å². The van der Waals surface area contributed by atoms with Gasteiger partial charge in [0.1, 0.15) is 48.8 Å². The Hall–Kier alpha value is -2.83. The van der Waals surface area contributed by atoms with Crippen molar-refractivity contribution < 1.29 is 64.6 Å². The summed E-state index contributed by atoms with van der Waals surface area (Å²) < 4.78 is 22.9. The van der Waals surface area contributed by atoms with Gasteiger partial charge in [-0.2, -0.15) is 0 Å². The number of aliphatic hydroxyl groups excluding tert-OH is 8. The summed E-state index contributed by atoms with van der Waals surface area (Å²) in [5, 5.41) is 87.5. The smallest absolute Gasteiger partial charge is 0.220 e. The Morgan fingerprint density at radius 1 is 0.446 bits per heavy atom. The number of nitrogens with one attached hydrogen (secondary N) is 1. The first-order valence-electron chi connectivity index (χ1n) is 33.3. The highest BCUT2D eigenvalue weighted by molar-refractivity contribution is 5.76. The molecule has 83 heavy (non-hydrogen) atoms. The maximum atomic E-state index is 13.3. The van der Waals surface area contributed by atoms with Crippen LogP contribution in [0.2, 0.25) is 0 Å². The van der Waals surface area contributed by atoms with Gasteiger partial charge in [0.05, 0.1) is 32.0 Å². The lowest BCUT2D eigenvalue weighted by Gasteiger charge is -2.46. The molecule has 2 heterocycles. The number of aliphatic hydroxyl groups is 8. The number of allylic oxidation sites excluding steroid dienone is 14. The molecule has 2 saturated heterocycles. The van der Waals surface area contributed by atoms with Crippen LogP contribution < -0.4 is 5.32 Å². The molecule has 14 heteroatoms. The quantitative estimate of drug-likeness (QED) is 0.0204. The minimum Gasteiger partial charge on any atom is -0.394 e. The molecule has 0 spiro atoms. The average Bonchev–Trinajstić information content (AvgIpc) is 3.65. The van der Waals surface area contributed by atoms with E-state index in [4.69, 9.17) is 18.9 Å². The van der Waals surface area contributed by atoms with Gasteiger partial charge in [-0.25, -0.2) is 0 Å². The van der Waals surface area contributed by atoms with E-state index in [1.54, 1.807) is 0 Å². The summed E-state index contributed by atoms with van der Waals surface area (Å²) in [5.41, 5.74) is 0. The highest BCUT2D eigenvalue weighted by Gasteiger charge is 2.51. The number of ether oxygens (including phenoxy) is 4. The van der Waals surface area contributed by atoms with Crippen LogP contribution in [-0.2, 0) is 23.7 Å². The first-order chi connectivity index (χ1) is 40.6.